The molecule has 5 nitrogen and oxygen atoms in total. The van der Waals surface area contributed by atoms with Crippen molar-refractivity contribution < 1.29 is 14.3 Å². The number of amides is 1. The van der Waals surface area contributed by atoms with Crippen LogP contribution >= 0.6 is 11.8 Å². The predicted molar refractivity (Wildman–Crippen MR) is 104 cm³/mol. The summed E-state index contributed by atoms with van der Waals surface area (Å²) in [5, 5.41) is 0.671. The highest BCUT2D eigenvalue weighted by molar-refractivity contribution is 8.14. The Hall–Kier alpha value is -2.08. The van der Waals surface area contributed by atoms with Crippen LogP contribution < -0.4 is 0 Å². The van der Waals surface area contributed by atoms with E-state index in [0.717, 1.165) is 16.9 Å². The van der Waals surface area contributed by atoms with E-state index in [0.29, 0.717) is 29.5 Å². The van der Waals surface area contributed by atoms with E-state index in [4.69, 9.17) is 4.74 Å². The Bertz CT molecular complexity index is 781. The van der Waals surface area contributed by atoms with Gasteiger partial charge in [-0.05, 0) is 25.3 Å². The van der Waals surface area contributed by atoms with Crippen LogP contribution in [0.5, 0.6) is 0 Å². The quantitative estimate of drug-likeness (QED) is 0.754. The molecule has 0 N–H and O–H groups in total. The highest BCUT2D eigenvalue weighted by Gasteiger charge is 2.41. The molecule has 1 aromatic rings. The summed E-state index contributed by atoms with van der Waals surface area (Å²) in [6.07, 6.45) is 0.444. The van der Waals surface area contributed by atoms with Gasteiger partial charge >= 0.3 is 5.97 Å². The van der Waals surface area contributed by atoms with Crippen molar-refractivity contribution in [2.75, 3.05) is 12.4 Å². The zero-order valence-electron chi connectivity index (χ0n) is 15.6. The summed E-state index contributed by atoms with van der Waals surface area (Å²) in [7, 11) is 0. The van der Waals surface area contributed by atoms with E-state index in [-0.39, 0.29) is 11.8 Å². The van der Waals surface area contributed by atoms with Gasteiger partial charge in [0.25, 0.3) is 0 Å². The molecule has 138 valence electrons. The van der Waals surface area contributed by atoms with Crippen molar-refractivity contribution in [3.8, 4) is 0 Å². The van der Waals surface area contributed by atoms with Crippen LogP contribution in [0.4, 0.5) is 0 Å². The van der Waals surface area contributed by atoms with Gasteiger partial charge < -0.3 is 4.74 Å². The highest BCUT2D eigenvalue weighted by Crippen LogP contribution is 2.40. The maximum absolute atomic E-state index is 12.9. The normalized spacial score (nSPS) is 20.2. The number of ether oxygens (including phenoxy) is 1. The number of hydrogen-bond acceptors (Lipinski definition) is 5. The number of nitrogens with zero attached hydrogens (tertiary/aromatic N) is 2. The average Bonchev–Trinajstić information content (AvgIpc) is 2.59. The smallest absolute Gasteiger partial charge is 0.338 e. The first-order valence-corrected chi connectivity index (χ1v) is 9.85. The standard InChI is InChI=1S/C20H24N2O3S/c1-12(2)11-25-19(24)17-14(4)21-20-22(16(23)9-10-26-20)18(17)15-7-5-13(3)6-8-15/h5-8,12,18H,9-11H2,1-4H3. The van der Waals surface area contributed by atoms with Crippen LogP contribution in [-0.4, -0.2) is 34.3 Å². The lowest BCUT2D eigenvalue weighted by atomic mass is 9.93. The highest BCUT2D eigenvalue weighted by atomic mass is 32.2. The molecule has 1 saturated heterocycles. The van der Waals surface area contributed by atoms with Crippen molar-refractivity contribution in [1.29, 1.82) is 0 Å². The van der Waals surface area contributed by atoms with Gasteiger partial charge in [0, 0.05) is 12.2 Å². The molecule has 0 aliphatic carbocycles. The lowest BCUT2D eigenvalue weighted by Gasteiger charge is -2.39. The fourth-order valence-corrected chi connectivity index (χ4v) is 4.05. The molecule has 3 rings (SSSR count). The van der Waals surface area contributed by atoms with E-state index in [1.54, 1.807) is 16.7 Å². The molecule has 0 aromatic heterocycles. The second kappa shape index (κ2) is 7.66. The van der Waals surface area contributed by atoms with Crippen molar-refractivity contribution in [1.82, 2.24) is 4.90 Å². The third-order valence-electron chi connectivity index (χ3n) is 4.37. The Balaban J connectivity index is 2.06. The van der Waals surface area contributed by atoms with Gasteiger partial charge in [-0.2, -0.15) is 0 Å². The summed E-state index contributed by atoms with van der Waals surface area (Å²) in [6, 6.07) is 7.45. The molecule has 1 unspecified atom stereocenters. The summed E-state index contributed by atoms with van der Waals surface area (Å²) in [5.74, 6) is 0.560. The molecule has 1 atom stereocenters. The van der Waals surface area contributed by atoms with Crippen molar-refractivity contribution >= 4 is 28.8 Å². The molecule has 1 fully saturated rings. The second-order valence-corrected chi connectivity index (χ2v) is 8.12. The zero-order valence-corrected chi connectivity index (χ0v) is 16.4. The molecule has 2 aliphatic rings. The van der Waals surface area contributed by atoms with Gasteiger partial charge in [-0.25, -0.2) is 9.79 Å². The van der Waals surface area contributed by atoms with E-state index in [9.17, 15) is 9.59 Å². The molecule has 26 heavy (non-hydrogen) atoms. The second-order valence-electron chi connectivity index (χ2n) is 7.06. The molecule has 2 heterocycles. The number of carbonyl (C=O) groups excluding carboxylic acids is 2. The maximum Gasteiger partial charge on any atom is 0.338 e. The fourth-order valence-electron chi connectivity index (χ4n) is 3.04. The average molecular weight is 372 g/mol. The van der Waals surface area contributed by atoms with E-state index in [1.807, 2.05) is 52.0 Å². The molecule has 0 spiro atoms. The minimum absolute atomic E-state index is 0.00488. The molecule has 0 saturated carbocycles. The number of aryl methyl sites for hydroxylation is 1. The van der Waals surface area contributed by atoms with Gasteiger partial charge in [0.05, 0.1) is 23.9 Å². The van der Waals surface area contributed by atoms with E-state index >= 15 is 0 Å². The summed E-state index contributed by atoms with van der Waals surface area (Å²) < 4.78 is 5.49. The third-order valence-corrected chi connectivity index (χ3v) is 5.32. The summed E-state index contributed by atoms with van der Waals surface area (Å²) in [5.41, 5.74) is 3.10. The lowest BCUT2D eigenvalue weighted by Crippen LogP contribution is -2.45. The number of allylic oxidation sites excluding steroid dienone is 1. The van der Waals surface area contributed by atoms with Crippen LogP contribution in [0.25, 0.3) is 0 Å². The monoisotopic (exact) mass is 372 g/mol. The van der Waals surface area contributed by atoms with Gasteiger partial charge in [0.2, 0.25) is 5.91 Å². The third kappa shape index (κ3) is 3.70. The van der Waals surface area contributed by atoms with E-state index in [1.165, 1.54) is 0 Å². The molecule has 1 amide bonds. The zero-order chi connectivity index (χ0) is 18.8. The molecular formula is C20H24N2O3S. The molecule has 0 radical (unpaired) electrons. The minimum Gasteiger partial charge on any atom is -0.462 e. The number of esters is 1. The number of amidine groups is 1. The van der Waals surface area contributed by atoms with Gasteiger partial charge in [0.15, 0.2) is 5.17 Å². The topological polar surface area (TPSA) is 59.0 Å². The van der Waals surface area contributed by atoms with Crippen LogP contribution in [0, 0.1) is 12.8 Å². The van der Waals surface area contributed by atoms with Crippen LogP contribution in [0.2, 0.25) is 0 Å². The Morgan fingerprint density at radius 1 is 1.31 bits per heavy atom. The van der Waals surface area contributed by atoms with Crippen LogP contribution in [0.15, 0.2) is 40.5 Å². The van der Waals surface area contributed by atoms with E-state index < -0.39 is 12.0 Å². The molecule has 0 bridgehead atoms. The number of benzene rings is 1. The Morgan fingerprint density at radius 2 is 2.00 bits per heavy atom. The maximum atomic E-state index is 12.9. The number of fused-ring (bicyclic) bond motifs is 1. The first-order valence-electron chi connectivity index (χ1n) is 8.86. The first-order chi connectivity index (χ1) is 12.4. The first kappa shape index (κ1) is 18.7. The van der Waals surface area contributed by atoms with Crippen LogP contribution in [-0.2, 0) is 14.3 Å². The van der Waals surface area contributed by atoms with Gasteiger partial charge in [-0.3, -0.25) is 9.69 Å². The van der Waals surface area contributed by atoms with Crippen LogP contribution in [0.1, 0.15) is 44.4 Å². The van der Waals surface area contributed by atoms with Crippen molar-refractivity contribution in [3.63, 3.8) is 0 Å². The summed E-state index contributed by atoms with van der Waals surface area (Å²) >= 11 is 1.56. The molecule has 6 heteroatoms. The van der Waals surface area contributed by atoms with Gasteiger partial charge in [-0.15, -0.1) is 0 Å². The molecule has 2 aliphatic heterocycles. The number of aliphatic imine (C=N–C) groups is 1. The summed E-state index contributed by atoms with van der Waals surface area (Å²) in [4.78, 5) is 31.7. The number of hydrogen-bond donors (Lipinski definition) is 0. The molecular weight excluding hydrogens is 348 g/mol. The van der Waals surface area contributed by atoms with Gasteiger partial charge in [0.1, 0.15) is 0 Å². The predicted octanol–water partition coefficient (Wildman–Crippen LogP) is 3.84. The van der Waals surface area contributed by atoms with Crippen molar-refractivity contribution in [3.05, 3.63) is 46.7 Å². The van der Waals surface area contributed by atoms with E-state index in [2.05, 4.69) is 4.99 Å². The van der Waals surface area contributed by atoms with Crippen molar-refractivity contribution in [2.24, 2.45) is 10.9 Å². The fraction of sp³-hybridized carbons (Fsp3) is 0.450. The number of thioether (sulfide) groups is 1. The number of rotatable bonds is 4. The SMILES string of the molecule is CC1=C(C(=O)OCC(C)C)C(c2ccc(C)cc2)N2C(=O)CCSC2=N1. The van der Waals surface area contributed by atoms with Crippen LogP contribution in [0.3, 0.4) is 0 Å². The Morgan fingerprint density at radius 3 is 2.65 bits per heavy atom. The van der Waals surface area contributed by atoms with Gasteiger partial charge in [-0.1, -0.05) is 55.4 Å². The lowest BCUT2D eigenvalue weighted by molar-refractivity contribution is -0.141. The Kier molecular flexibility index (Phi) is 5.51. The summed E-state index contributed by atoms with van der Waals surface area (Å²) in [6.45, 7) is 8.16. The molecule has 1 aromatic carbocycles. The number of carbonyl (C=O) groups is 2. The largest absolute Gasteiger partial charge is 0.462 e. The van der Waals surface area contributed by atoms with Crippen molar-refractivity contribution in [2.45, 2.75) is 40.2 Å². The minimum atomic E-state index is -0.483. The Labute approximate surface area is 158 Å².